The van der Waals surface area contributed by atoms with E-state index in [2.05, 4.69) is 31.2 Å². The van der Waals surface area contributed by atoms with E-state index in [1.54, 1.807) is 30.6 Å². The van der Waals surface area contributed by atoms with Crippen molar-refractivity contribution in [3.63, 3.8) is 0 Å². The molecule has 2 aromatic rings. The predicted molar refractivity (Wildman–Crippen MR) is 141 cm³/mol. The fourth-order valence-electron chi connectivity index (χ4n) is 5.38. The highest BCUT2D eigenvalue weighted by molar-refractivity contribution is 7.09. The second-order valence-corrected chi connectivity index (χ2v) is 11.8. The maximum Gasteiger partial charge on any atom is 0.440 e. The largest absolute Gasteiger partial charge is 0.501 e. The second kappa shape index (κ2) is 10.7. The highest BCUT2D eigenvalue weighted by Gasteiger charge is 2.75. The standard InChI is InChI=1S/C27H36N4O5S/c1-7-36-16-19-15-27(24(33)34,14-17(2)3)31(25(35)30-28,21(19)22-29-12-13-37-22)23(32)18-8-10-20(11-9-18)26(4,5)6/h8-13,16-17,21H,7,14-15,28H2,1-6H3,(H-,30,33,34,35)/p+1/t21-,27+,31?/m1/s1. The van der Waals surface area contributed by atoms with Gasteiger partial charge in [0.1, 0.15) is 0 Å². The molecule has 3 amide bonds. The smallest absolute Gasteiger partial charge is 0.440 e. The van der Waals surface area contributed by atoms with Gasteiger partial charge in [-0.2, -0.15) is 0 Å². The summed E-state index contributed by atoms with van der Waals surface area (Å²) in [4.78, 5) is 46.3. The Hall–Kier alpha value is -3.08. The van der Waals surface area contributed by atoms with Crippen LogP contribution in [0.2, 0.25) is 0 Å². The van der Waals surface area contributed by atoms with Gasteiger partial charge in [-0.25, -0.2) is 30.6 Å². The summed E-state index contributed by atoms with van der Waals surface area (Å²) in [6, 6.07) is 5.03. The lowest BCUT2D eigenvalue weighted by Gasteiger charge is -2.44. The highest BCUT2D eigenvalue weighted by atomic mass is 32.1. The molecule has 200 valence electrons. The fourth-order valence-corrected chi connectivity index (χ4v) is 6.21. The Kier molecular flexibility index (Phi) is 8.26. The van der Waals surface area contributed by atoms with E-state index < -0.39 is 34.0 Å². The summed E-state index contributed by atoms with van der Waals surface area (Å²) in [5.41, 5.74) is 1.85. The third-order valence-corrected chi connectivity index (χ3v) is 7.73. The van der Waals surface area contributed by atoms with Crippen LogP contribution in [0.3, 0.4) is 0 Å². The maximum atomic E-state index is 14.7. The number of benzene rings is 1. The van der Waals surface area contributed by atoms with E-state index >= 15 is 0 Å². The molecule has 1 fully saturated rings. The number of carbonyl (C=O) groups excluding carboxylic acids is 2. The van der Waals surface area contributed by atoms with Crippen molar-refractivity contribution in [1.29, 1.82) is 0 Å². The summed E-state index contributed by atoms with van der Waals surface area (Å²) >= 11 is 1.25. The lowest BCUT2D eigenvalue weighted by molar-refractivity contribution is -0.829. The number of ether oxygens (including phenoxy) is 1. The number of nitrogens with two attached hydrogens (primary N) is 1. The monoisotopic (exact) mass is 529 g/mol. The number of nitrogens with zero attached hydrogens (tertiary/aromatic N) is 2. The van der Waals surface area contributed by atoms with Crippen LogP contribution in [0.15, 0.2) is 47.7 Å². The minimum Gasteiger partial charge on any atom is -0.501 e. The van der Waals surface area contributed by atoms with Gasteiger partial charge in [0, 0.05) is 30.0 Å². The van der Waals surface area contributed by atoms with Crippen molar-refractivity contribution in [2.45, 2.75) is 71.4 Å². The van der Waals surface area contributed by atoms with Gasteiger partial charge >= 0.3 is 17.9 Å². The molecule has 3 rings (SSSR count). The number of carboxylic acid groups (broad SMARTS) is 1. The molecule has 1 aromatic heterocycles. The zero-order chi connectivity index (χ0) is 27.6. The van der Waals surface area contributed by atoms with Crippen molar-refractivity contribution in [2.24, 2.45) is 11.8 Å². The zero-order valence-electron chi connectivity index (χ0n) is 22.3. The van der Waals surface area contributed by atoms with Crippen molar-refractivity contribution < 1.29 is 28.7 Å². The van der Waals surface area contributed by atoms with Crippen LogP contribution in [0.1, 0.15) is 81.4 Å². The summed E-state index contributed by atoms with van der Waals surface area (Å²) in [6.07, 6.45) is 3.01. The van der Waals surface area contributed by atoms with Crippen LogP contribution in [-0.2, 0) is 14.9 Å². The first-order valence-corrected chi connectivity index (χ1v) is 13.2. The second-order valence-electron chi connectivity index (χ2n) is 10.8. The first kappa shape index (κ1) is 28.5. The summed E-state index contributed by atoms with van der Waals surface area (Å²) in [5.74, 6) is 3.65. The summed E-state index contributed by atoms with van der Waals surface area (Å²) < 4.78 is 4.51. The van der Waals surface area contributed by atoms with Crippen LogP contribution < -0.4 is 11.3 Å². The van der Waals surface area contributed by atoms with E-state index in [1.807, 2.05) is 26.0 Å². The number of quaternary nitrogens is 1. The molecule has 3 atom stereocenters. The molecule has 37 heavy (non-hydrogen) atoms. The van der Waals surface area contributed by atoms with Crippen LogP contribution in [0.4, 0.5) is 4.79 Å². The summed E-state index contributed by atoms with van der Waals surface area (Å²) in [6.45, 7) is 12.0. The number of likely N-dealkylation sites (tertiary alicyclic amines) is 1. The third kappa shape index (κ3) is 4.81. The normalized spacial score (nSPS) is 24.9. The number of rotatable bonds is 7. The van der Waals surface area contributed by atoms with E-state index in [0.29, 0.717) is 17.2 Å². The van der Waals surface area contributed by atoms with Crippen LogP contribution in [0.5, 0.6) is 0 Å². The quantitative estimate of drug-likeness (QED) is 0.153. The first-order valence-electron chi connectivity index (χ1n) is 12.4. The molecule has 1 aliphatic rings. The number of aromatic nitrogens is 1. The van der Waals surface area contributed by atoms with Gasteiger partial charge in [-0.15, -0.1) is 15.8 Å². The zero-order valence-corrected chi connectivity index (χ0v) is 23.1. The number of hydrazine groups is 1. The molecular weight excluding hydrogens is 492 g/mol. The minimum absolute atomic E-state index is 0.0485. The van der Waals surface area contributed by atoms with E-state index in [0.717, 1.165) is 5.56 Å². The van der Waals surface area contributed by atoms with Gasteiger partial charge in [0.2, 0.25) is 5.54 Å². The molecule has 9 nitrogen and oxygen atoms in total. The van der Waals surface area contributed by atoms with Crippen LogP contribution in [-0.4, -0.2) is 44.6 Å². The molecule has 1 saturated heterocycles. The SMILES string of the molecule is CCOC=C1C[C@@](CC(C)C)(C(=O)O)[N+](C(=O)NN)(C(=O)c2ccc(C(C)(C)C)cc2)[C@H]1c1nccs1. The molecule has 0 bridgehead atoms. The number of carbonyl (C=O) groups is 3. The Morgan fingerprint density at radius 1 is 1.30 bits per heavy atom. The van der Waals surface area contributed by atoms with Crippen molar-refractivity contribution in [3.8, 4) is 0 Å². The third-order valence-electron chi connectivity index (χ3n) is 6.90. The van der Waals surface area contributed by atoms with E-state index in [9.17, 15) is 19.5 Å². The topological polar surface area (TPSA) is 132 Å². The van der Waals surface area contributed by atoms with Gasteiger partial charge in [-0.3, -0.25) is 0 Å². The van der Waals surface area contributed by atoms with Crippen molar-refractivity contribution in [1.82, 2.24) is 10.4 Å². The lowest BCUT2D eigenvalue weighted by atomic mass is 9.83. The average molecular weight is 530 g/mol. The summed E-state index contributed by atoms with van der Waals surface area (Å²) in [7, 11) is 0. The summed E-state index contributed by atoms with van der Waals surface area (Å²) in [5, 5.41) is 13.0. The van der Waals surface area contributed by atoms with Gasteiger partial charge in [0.15, 0.2) is 11.0 Å². The molecule has 1 unspecified atom stereocenters. The van der Waals surface area contributed by atoms with Gasteiger partial charge in [-0.05, 0) is 36.0 Å². The number of hydrogen-bond donors (Lipinski definition) is 3. The molecule has 1 aromatic carbocycles. The van der Waals surface area contributed by atoms with Gasteiger partial charge in [0.25, 0.3) is 0 Å². The van der Waals surface area contributed by atoms with Gasteiger partial charge in [-0.1, -0.05) is 46.8 Å². The molecular formula is C27H37N4O5S+. The first-order chi connectivity index (χ1) is 17.4. The number of carboxylic acids is 1. The number of hydrogen-bond acceptors (Lipinski definition) is 7. The lowest BCUT2D eigenvalue weighted by Crippen LogP contribution is -2.73. The van der Waals surface area contributed by atoms with Gasteiger partial charge in [0.05, 0.1) is 18.4 Å². The van der Waals surface area contributed by atoms with Crippen LogP contribution >= 0.6 is 11.3 Å². The molecule has 10 heteroatoms. The molecule has 0 aliphatic carbocycles. The van der Waals surface area contributed by atoms with Crippen LogP contribution in [0, 0.1) is 5.92 Å². The molecule has 0 spiro atoms. The number of imide groups is 1. The fraction of sp³-hybridized carbons (Fsp3) is 0.481. The van der Waals surface area contributed by atoms with E-state index in [1.165, 1.54) is 17.6 Å². The number of urea groups is 1. The average Bonchev–Trinajstić information content (AvgIpc) is 3.46. The molecule has 0 radical (unpaired) electrons. The maximum absolute atomic E-state index is 14.7. The Morgan fingerprint density at radius 2 is 1.95 bits per heavy atom. The van der Waals surface area contributed by atoms with Crippen molar-refractivity contribution >= 4 is 29.2 Å². The van der Waals surface area contributed by atoms with E-state index in [-0.39, 0.29) is 29.7 Å². The Morgan fingerprint density at radius 3 is 2.41 bits per heavy atom. The number of aliphatic carboxylic acids is 1. The van der Waals surface area contributed by atoms with Crippen molar-refractivity contribution in [3.05, 3.63) is 63.8 Å². The van der Waals surface area contributed by atoms with E-state index in [4.69, 9.17) is 10.6 Å². The Labute approximate surface area is 221 Å². The molecule has 0 saturated carbocycles. The highest BCUT2D eigenvalue weighted by Crippen LogP contribution is 2.57. The molecule has 1 aliphatic heterocycles. The Balaban J connectivity index is 2.43. The molecule has 2 heterocycles. The molecule has 4 N–H and O–H groups in total. The van der Waals surface area contributed by atoms with Crippen molar-refractivity contribution in [2.75, 3.05) is 6.61 Å². The Bertz CT molecular complexity index is 1170. The number of amides is 3. The van der Waals surface area contributed by atoms with Crippen LogP contribution in [0.25, 0.3) is 0 Å². The predicted octanol–water partition coefficient (Wildman–Crippen LogP) is 4.92. The minimum atomic E-state index is -1.85. The number of thiazole rings is 1. The number of nitrogens with one attached hydrogen (secondary N) is 1. The van der Waals surface area contributed by atoms with Gasteiger partial charge < -0.3 is 9.84 Å².